The number of imidazole rings is 1. The molecule has 10 nitrogen and oxygen atoms in total. The third-order valence-corrected chi connectivity index (χ3v) is 8.51. The van der Waals surface area contributed by atoms with Crippen molar-refractivity contribution in [3.8, 4) is 17.2 Å². The van der Waals surface area contributed by atoms with Crippen LogP contribution in [0.5, 0.6) is 17.2 Å². The predicted octanol–water partition coefficient (Wildman–Crippen LogP) is 7.31. The molecule has 3 aromatic carbocycles. The number of hydrogen-bond acceptors (Lipinski definition) is 8. The molecule has 10 heteroatoms. The summed E-state index contributed by atoms with van der Waals surface area (Å²) >= 11 is 0. The Kier molecular flexibility index (Phi) is 13.6. The second kappa shape index (κ2) is 18.5. The molecule has 0 bridgehead atoms. The van der Waals surface area contributed by atoms with Crippen LogP contribution in [0, 0.1) is 0 Å². The van der Waals surface area contributed by atoms with E-state index in [0.717, 1.165) is 59.7 Å². The van der Waals surface area contributed by atoms with Crippen LogP contribution in [0.15, 0.2) is 91.5 Å². The number of nitrogens with zero attached hydrogens (tertiary/aromatic N) is 3. The van der Waals surface area contributed by atoms with Crippen LogP contribution in [0.3, 0.4) is 0 Å². The molecular weight excluding hydrogens is 634 g/mol. The molecule has 1 aromatic heterocycles. The zero-order valence-electron chi connectivity index (χ0n) is 29.8. The van der Waals surface area contributed by atoms with E-state index in [4.69, 9.17) is 28.4 Å². The summed E-state index contributed by atoms with van der Waals surface area (Å²) in [5, 5.41) is 0. The van der Waals surface area contributed by atoms with Gasteiger partial charge in [-0.2, -0.15) is 0 Å². The summed E-state index contributed by atoms with van der Waals surface area (Å²) in [4.78, 5) is 18.9. The Hall–Kier alpha value is -4.54. The van der Waals surface area contributed by atoms with Crippen LogP contribution in [0.4, 0.5) is 4.79 Å². The van der Waals surface area contributed by atoms with Gasteiger partial charge in [-0.3, -0.25) is 0 Å². The van der Waals surface area contributed by atoms with Gasteiger partial charge in [0, 0.05) is 43.4 Å². The maximum absolute atomic E-state index is 13.0. The highest BCUT2D eigenvalue weighted by Crippen LogP contribution is 2.32. The highest BCUT2D eigenvalue weighted by Gasteiger charge is 2.35. The van der Waals surface area contributed by atoms with Crippen LogP contribution >= 0.6 is 0 Å². The zero-order valence-corrected chi connectivity index (χ0v) is 29.8. The Morgan fingerprint density at radius 3 is 2.38 bits per heavy atom. The molecule has 1 aliphatic heterocycles. The standard InChI is InChI=1S/C40H51N3O7/c1-40(2,3)50-39(44)43-22-19-35(31-14-16-34(17-15-31)47-25-9-24-46-29-33-11-6-7-12-36(33)45-4)38(28-43)49-27-26-48-37-13-8-5-10-32(37)18-21-42-23-20-41-30-42/h5-8,10-17,20,23,30,35,38H,9,18-19,21-22,24-29H2,1-4H3. The molecule has 0 saturated carbocycles. The number of carbonyl (C=O) groups excluding carboxylic acids is 1. The van der Waals surface area contributed by atoms with Crippen molar-refractivity contribution in [2.75, 3.05) is 46.6 Å². The number of aryl methyl sites for hydroxylation is 2. The van der Waals surface area contributed by atoms with Crippen molar-refractivity contribution in [1.82, 2.24) is 14.5 Å². The molecular formula is C40H51N3O7. The van der Waals surface area contributed by atoms with Crippen LogP contribution in [0.1, 0.15) is 56.2 Å². The Labute approximate surface area is 296 Å². The second-order valence-corrected chi connectivity index (χ2v) is 13.4. The molecule has 1 aliphatic rings. The van der Waals surface area contributed by atoms with Gasteiger partial charge in [0.25, 0.3) is 0 Å². The normalized spacial score (nSPS) is 16.2. The van der Waals surface area contributed by atoms with Gasteiger partial charge >= 0.3 is 6.09 Å². The molecule has 0 aliphatic carbocycles. The number of hydrogen-bond donors (Lipinski definition) is 0. The number of benzene rings is 3. The van der Waals surface area contributed by atoms with E-state index < -0.39 is 5.60 Å². The second-order valence-electron chi connectivity index (χ2n) is 13.4. The van der Waals surface area contributed by atoms with Gasteiger partial charge in [0.1, 0.15) is 29.5 Å². The maximum Gasteiger partial charge on any atom is 0.410 e. The summed E-state index contributed by atoms with van der Waals surface area (Å²) in [7, 11) is 1.67. The number of ether oxygens (including phenoxy) is 6. The minimum Gasteiger partial charge on any atom is -0.496 e. The highest BCUT2D eigenvalue weighted by atomic mass is 16.6. The Balaban J connectivity index is 1.12. The fourth-order valence-corrected chi connectivity index (χ4v) is 6.00. The first-order valence-corrected chi connectivity index (χ1v) is 17.5. The van der Waals surface area contributed by atoms with Crippen molar-refractivity contribution in [2.45, 2.75) is 70.8 Å². The van der Waals surface area contributed by atoms with E-state index in [0.29, 0.717) is 46.1 Å². The highest BCUT2D eigenvalue weighted by molar-refractivity contribution is 5.68. The number of amides is 1. The van der Waals surface area contributed by atoms with Gasteiger partial charge in [0.05, 0.1) is 52.5 Å². The number of methoxy groups -OCH3 is 1. The monoisotopic (exact) mass is 685 g/mol. The fourth-order valence-electron chi connectivity index (χ4n) is 6.00. The van der Waals surface area contributed by atoms with Crippen molar-refractivity contribution < 1.29 is 33.2 Å². The first-order chi connectivity index (χ1) is 24.3. The van der Waals surface area contributed by atoms with E-state index in [2.05, 4.69) is 27.8 Å². The molecule has 1 amide bonds. The molecule has 0 spiro atoms. The van der Waals surface area contributed by atoms with Crippen molar-refractivity contribution in [3.63, 3.8) is 0 Å². The van der Waals surface area contributed by atoms with Gasteiger partial charge in [0.15, 0.2) is 0 Å². The number of aromatic nitrogens is 2. The summed E-state index contributed by atoms with van der Waals surface area (Å²) in [6, 6.07) is 24.2. The molecule has 2 heterocycles. The number of carbonyl (C=O) groups is 1. The quantitative estimate of drug-likeness (QED) is 0.107. The summed E-state index contributed by atoms with van der Waals surface area (Å²) in [6.45, 7) is 9.93. The van der Waals surface area contributed by atoms with Gasteiger partial charge in [-0.1, -0.05) is 48.5 Å². The number of rotatable bonds is 17. The van der Waals surface area contributed by atoms with E-state index >= 15 is 0 Å². The van der Waals surface area contributed by atoms with Crippen molar-refractivity contribution >= 4 is 6.09 Å². The molecule has 4 aromatic rings. The van der Waals surface area contributed by atoms with Crippen molar-refractivity contribution in [3.05, 3.63) is 108 Å². The lowest BCUT2D eigenvalue weighted by Crippen LogP contribution is -2.48. The van der Waals surface area contributed by atoms with E-state index in [1.54, 1.807) is 18.2 Å². The summed E-state index contributed by atoms with van der Waals surface area (Å²) in [6.07, 6.45) is 7.39. The third-order valence-electron chi connectivity index (χ3n) is 8.51. The predicted molar refractivity (Wildman–Crippen MR) is 192 cm³/mol. The molecule has 0 radical (unpaired) electrons. The first kappa shape index (κ1) is 36.7. The largest absolute Gasteiger partial charge is 0.496 e. The zero-order chi connectivity index (χ0) is 35.2. The van der Waals surface area contributed by atoms with Crippen molar-refractivity contribution in [1.29, 1.82) is 0 Å². The van der Waals surface area contributed by atoms with Gasteiger partial charge in [-0.25, -0.2) is 9.78 Å². The molecule has 5 rings (SSSR count). The molecule has 1 saturated heterocycles. The minimum absolute atomic E-state index is 0.105. The Bertz CT molecular complexity index is 1590. The van der Waals surface area contributed by atoms with Gasteiger partial charge < -0.3 is 37.9 Å². The summed E-state index contributed by atoms with van der Waals surface area (Å²) < 4.78 is 37.7. The summed E-state index contributed by atoms with van der Waals surface area (Å²) in [5.74, 6) is 2.60. The fraction of sp³-hybridized carbons (Fsp3) is 0.450. The van der Waals surface area contributed by atoms with Gasteiger partial charge in [0.2, 0.25) is 0 Å². The SMILES string of the molecule is COc1ccccc1COCCCOc1ccc(C2CCN(C(=O)OC(C)(C)C)CC2OCCOc2ccccc2CCn2ccnc2)cc1. The van der Waals surface area contributed by atoms with Crippen LogP contribution in [0.25, 0.3) is 0 Å². The van der Waals surface area contributed by atoms with Crippen molar-refractivity contribution in [2.24, 2.45) is 0 Å². The lowest BCUT2D eigenvalue weighted by molar-refractivity contribution is -0.0358. The van der Waals surface area contributed by atoms with E-state index in [1.807, 2.05) is 87.9 Å². The maximum atomic E-state index is 13.0. The molecule has 2 atom stereocenters. The molecule has 268 valence electrons. The molecule has 50 heavy (non-hydrogen) atoms. The molecule has 1 fully saturated rings. The molecule has 2 unspecified atom stereocenters. The third kappa shape index (κ3) is 11.2. The summed E-state index contributed by atoms with van der Waals surface area (Å²) in [5.41, 5.74) is 2.74. The lowest BCUT2D eigenvalue weighted by Gasteiger charge is -2.39. The average Bonchev–Trinajstić information content (AvgIpc) is 3.65. The number of para-hydroxylation sites is 2. The van der Waals surface area contributed by atoms with Gasteiger partial charge in [-0.05, 0) is 69.0 Å². The number of likely N-dealkylation sites (tertiary alicyclic amines) is 1. The van der Waals surface area contributed by atoms with E-state index in [1.165, 1.54) is 0 Å². The Morgan fingerprint density at radius 1 is 0.880 bits per heavy atom. The van der Waals surface area contributed by atoms with Crippen LogP contribution in [-0.2, 0) is 33.8 Å². The first-order valence-electron chi connectivity index (χ1n) is 17.5. The van der Waals surface area contributed by atoms with E-state index in [-0.39, 0.29) is 18.1 Å². The average molecular weight is 686 g/mol. The molecule has 0 N–H and O–H groups in total. The lowest BCUT2D eigenvalue weighted by atomic mass is 9.87. The van der Waals surface area contributed by atoms with Crippen LogP contribution in [-0.4, -0.2) is 78.9 Å². The van der Waals surface area contributed by atoms with Crippen LogP contribution in [0.2, 0.25) is 0 Å². The van der Waals surface area contributed by atoms with E-state index in [9.17, 15) is 4.79 Å². The smallest absolute Gasteiger partial charge is 0.410 e. The number of piperidine rings is 1. The van der Waals surface area contributed by atoms with Crippen LogP contribution < -0.4 is 14.2 Å². The minimum atomic E-state index is -0.569. The van der Waals surface area contributed by atoms with Gasteiger partial charge in [-0.15, -0.1) is 0 Å². The topological polar surface area (TPSA) is 93.5 Å². The Morgan fingerprint density at radius 2 is 1.64 bits per heavy atom.